The minimum atomic E-state index is -3.31. The van der Waals surface area contributed by atoms with Gasteiger partial charge in [-0.2, -0.15) is 0 Å². The molecular weight excluding hydrogens is 260 g/mol. The predicted octanol–water partition coefficient (Wildman–Crippen LogP) is 2.11. The zero-order valence-electron chi connectivity index (χ0n) is 10.7. The number of nitrogens with zero attached hydrogens (tertiary/aromatic N) is 1. The molecule has 0 amide bonds. The number of aromatic nitrogens is 1. The van der Waals surface area contributed by atoms with Crippen LogP contribution in [0, 0.1) is 0 Å². The van der Waals surface area contributed by atoms with Crippen LogP contribution in [0.1, 0.15) is 24.2 Å². The lowest BCUT2D eigenvalue weighted by atomic mass is 10.0. The molecule has 1 aromatic carbocycles. The molecule has 0 radical (unpaired) electrons. The summed E-state index contributed by atoms with van der Waals surface area (Å²) in [5, 5.41) is 0. The van der Waals surface area contributed by atoms with Crippen molar-refractivity contribution in [2.45, 2.75) is 13.0 Å². The molecule has 0 saturated carbocycles. The van der Waals surface area contributed by atoms with Gasteiger partial charge in [0.15, 0.2) is 0 Å². The number of pyridine rings is 1. The van der Waals surface area contributed by atoms with Crippen LogP contribution in [-0.2, 0) is 10.0 Å². The van der Waals surface area contributed by atoms with Gasteiger partial charge in [-0.15, -0.1) is 0 Å². The van der Waals surface area contributed by atoms with Gasteiger partial charge in [-0.1, -0.05) is 36.4 Å². The molecule has 1 atom stereocenters. The van der Waals surface area contributed by atoms with Gasteiger partial charge in [0.2, 0.25) is 10.0 Å². The monoisotopic (exact) mass is 276 g/mol. The summed E-state index contributed by atoms with van der Waals surface area (Å²) >= 11 is 0. The average Bonchev–Trinajstić information content (AvgIpc) is 2.47. The third-order valence-corrected chi connectivity index (χ3v) is 4.15. The predicted molar refractivity (Wildman–Crippen MR) is 75.1 cm³/mol. The van der Waals surface area contributed by atoms with E-state index < -0.39 is 16.1 Å². The van der Waals surface area contributed by atoms with Crippen molar-refractivity contribution in [3.63, 3.8) is 0 Å². The quantitative estimate of drug-likeness (QED) is 0.910. The molecule has 1 aromatic heterocycles. The van der Waals surface area contributed by atoms with E-state index in [9.17, 15) is 8.42 Å². The molecule has 1 N–H and O–H groups in total. The molecule has 19 heavy (non-hydrogen) atoms. The second-order valence-corrected chi connectivity index (χ2v) is 6.16. The van der Waals surface area contributed by atoms with E-state index in [1.807, 2.05) is 42.5 Å². The van der Waals surface area contributed by atoms with Crippen LogP contribution in [-0.4, -0.2) is 19.2 Å². The molecule has 0 aliphatic carbocycles. The maximum Gasteiger partial charge on any atom is 0.212 e. The van der Waals surface area contributed by atoms with Crippen LogP contribution in [0.2, 0.25) is 0 Å². The summed E-state index contributed by atoms with van der Waals surface area (Å²) in [6.45, 7) is 1.61. The summed E-state index contributed by atoms with van der Waals surface area (Å²) in [6.07, 6.45) is 1.66. The highest BCUT2D eigenvalue weighted by Crippen LogP contribution is 2.20. The zero-order valence-corrected chi connectivity index (χ0v) is 11.5. The van der Waals surface area contributed by atoms with Crippen LogP contribution in [0.3, 0.4) is 0 Å². The highest BCUT2D eigenvalue weighted by atomic mass is 32.2. The van der Waals surface area contributed by atoms with Gasteiger partial charge >= 0.3 is 0 Å². The van der Waals surface area contributed by atoms with Gasteiger partial charge in [-0.05, 0) is 24.6 Å². The lowest BCUT2D eigenvalue weighted by Crippen LogP contribution is -2.31. The van der Waals surface area contributed by atoms with Gasteiger partial charge in [0.05, 0.1) is 17.5 Å². The van der Waals surface area contributed by atoms with Crippen LogP contribution < -0.4 is 4.72 Å². The standard InChI is InChI=1S/C14H16N2O2S/c1-2-19(17,18)16-14(12-8-4-3-5-9-12)13-10-6-7-11-15-13/h3-11,14,16H,2H2,1H3. The number of nitrogens with one attached hydrogen (secondary N) is 1. The average molecular weight is 276 g/mol. The normalized spacial score (nSPS) is 13.1. The maximum atomic E-state index is 11.8. The Morgan fingerprint density at radius 3 is 2.37 bits per heavy atom. The fraction of sp³-hybridized carbons (Fsp3) is 0.214. The number of sulfonamides is 1. The van der Waals surface area contributed by atoms with E-state index in [0.717, 1.165) is 5.56 Å². The molecule has 0 spiro atoms. The van der Waals surface area contributed by atoms with E-state index in [1.54, 1.807) is 19.2 Å². The molecule has 1 heterocycles. The van der Waals surface area contributed by atoms with E-state index in [2.05, 4.69) is 9.71 Å². The fourth-order valence-electron chi connectivity index (χ4n) is 1.75. The first-order valence-corrected chi connectivity index (χ1v) is 7.73. The summed E-state index contributed by atoms with van der Waals surface area (Å²) in [5.41, 5.74) is 1.56. The van der Waals surface area contributed by atoms with Gasteiger partial charge in [0, 0.05) is 6.20 Å². The summed E-state index contributed by atoms with van der Waals surface area (Å²) < 4.78 is 26.3. The lowest BCUT2D eigenvalue weighted by Gasteiger charge is -2.18. The smallest absolute Gasteiger partial charge is 0.212 e. The molecule has 100 valence electrons. The Kier molecular flexibility index (Phi) is 4.29. The Morgan fingerprint density at radius 2 is 1.79 bits per heavy atom. The summed E-state index contributed by atoms with van der Waals surface area (Å²) in [7, 11) is -3.31. The van der Waals surface area contributed by atoms with Crippen molar-refractivity contribution in [3.8, 4) is 0 Å². The molecule has 0 bridgehead atoms. The van der Waals surface area contributed by atoms with Gasteiger partial charge in [0.25, 0.3) is 0 Å². The van der Waals surface area contributed by atoms with Crippen LogP contribution in [0.5, 0.6) is 0 Å². The van der Waals surface area contributed by atoms with Crippen molar-refractivity contribution < 1.29 is 8.42 Å². The Bertz CT molecular complexity index is 573. The molecule has 0 aliphatic rings. The zero-order chi connectivity index (χ0) is 13.7. The molecule has 4 nitrogen and oxygen atoms in total. The Labute approximate surface area is 113 Å². The third kappa shape index (κ3) is 3.62. The fourth-order valence-corrected chi connectivity index (χ4v) is 2.54. The van der Waals surface area contributed by atoms with Crippen LogP contribution in [0.15, 0.2) is 54.7 Å². The van der Waals surface area contributed by atoms with Crippen molar-refractivity contribution in [1.29, 1.82) is 0 Å². The molecule has 2 aromatic rings. The summed E-state index contributed by atoms with van der Waals surface area (Å²) in [4.78, 5) is 4.25. The van der Waals surface area contributed by atoms with E-state index in [-0.39, 0.29) is 5.75 Å². The Morgan fingerprint density at radius 1 is 1.11 bits per heavy atom. The van der Waals surface area contributed by atoms with Crippen LogP contribution >= 0.6 is 0 Å². The van der Waals surface area contributed by atoms with Gasteiger partial charge in [-0.3, -0.25) is 4.98 Å². The first kappa shape index (κ1) is 13.7. The van der Waals surface area contributed by atoms with Gasteiger partial charge in [0.1, 0.15) is 0 Å². The minimum Gasteiger partial charge on any atom is -0.259 e. The third-order valence-electron chi connectivity index (χ3n) is 2.79. The van der Waals surface area contributed by atoms with Crippen molar-refractivity contribution in [3.05, 3.63) is 66.0 Å². The van der Waals surface area contributed by atoms with E-state index >= 15 is 0 Å². The summed E-state index contributed by atoms with van der Waals surface area (Å²) in [6, 6.07) is 14.4. The first-order chi connectivity index (χ1) is 9.12. The number of rotatable bonds is 5. The van der Waals surface area contributed by atoms with Crippen molar-refractivity contribution in [2.24, 2.45) is 0 Å². The van der Waals surface area contributed by atoms with Crippen LogP contribution in [0.25, 0.3) is 0 Å². The number of benzene rings is 1. The van der Waals surface area contributed by atoms with Crippen LogP contribution in [0.4, 0.5) is 0 Å². The number of hydrogen-bond acceptors (Lipinski definition) is 3. The summed E-state index contributed by atoms with van der Waals surface area (Å²) in [5.74, 6) is 0.0448. The molecule has 0 saturated heterocycles. The topological polar surface area (TPSA) is 59.1 Å². The Balaban J connectivity index is 2.40. The van der Waals surface area contributed by atoms with Gasteiger partial charge < -0.3 is 0 Å². The number of hydrogen-bond donors (Lipinski definition) is 1. The molecule has 5 heteroatoms. The van der Waals surface area contributed by atoms with Gasteiger partial charge in [-0.25, -0.2) is 13.1 Å². The van der Waals surface area contributed by atoms with E-state index in [4.69, 9.17) is 0 Å². The Hall–Kier alpha value is -1.72. The highest BCUT2D eigenvalue weighted by molar-refractivity contribution is 7.89. The molecule has 0 aliphatic heterocycles. The highest BCUT2D eigenvalue weighted by Gasteiger charge is 2.20. The molecule has 1 unspecified atom stereocenters. The van der Waals surface area contributed by atoms with Crippen molar-refractivity contribution >= 4 is 10.0 Å². The molecular formula is C14H16N2O2S. The van der Waals surface area contributed by atoms with E-state index in [1.165, 1.54) is 0 Å². The SMILES string of the molecule is CCS(=O)(=O)NC(c1ccccc1)c1ccccn1. The van der Waals surface area contributed by atoms with Crippen molar-refractivity contribution in [2.75, 3.05) is 5.75 Å². The first-order valence-electron chi connectivity index (χ1n) is 6.08. The van der Waals surface area contributed by atoms with Crippen molar-refractivity contribution in [1.82, 2.24) is 9.71 Å². The lowest BCUT2D eigenvalue weighted by molar-refractivity contribution is 0.571. The molecule has 2 rings (SSSR count). The van der Waals surface area contributed by atoms with E-state index in [0.29, 0.717) is 5.69 Å². The largest absolute Gasteiger partial charge is 0.259 e. The maximum absolute atomic E-state index is 11.8. The minimum absolute atomic E-state index is 0.0448. The second kappa shape index (κ2) is 5.95. The molecule has 0 fully saturated rings. The second-order valence-electron chi connectivity index (χ2n) is 4.12.